The number of nitrogens with zero attached hydrogens (tertiary/aromatic N) is 4. The Morgan fingerprint density at radius 1 is 1.37 bits per heavy atom. The van der Waals surface area contributed by atoms with Gasteiger partial charge < -0.3 is 15.4 Å². The van der Waals surface area contributed by atoms with Crippen molar-refractivity contribution in [2.45, 2.75) is 38.2 Å². The molecule has 104 valence electrons. The standard InChI is InChI=1S/C12H19N5OS/c1-8(18)9(2)19-5-3-4-17-7-16-10-11(13)14-6-15-12(10)17/h6-9,18H,3-5H2,1-2H3,(H2,13,14,15). The number of hydrogen-bond acceptors (Lipinski definition) is 6. The third-order valence-electron chi connectivity index (χ3n) is 3.03. The van der Waals surface area contributed by atoms with E-state index in [2.05, 4.69) is 15.0 Å². The Morgan fingerprint density at radius 2 is 2.16 bits per heavy atom. The van der Waals surface area contributed by atoms with Crippen LogP contribution in [0, 0.1) is 0 Å². The highest BCUT2D eigenvalue weighted by molar-refractivity contribution is 7.99. The zero-order valence-corrected chi connectivity index (χ0v) is 12.0. The molecule has 0 aliphatic heterocycles. The average Bonchev–Trinajstić information content (AvgIpc) is 2.79. The summed E-state index contributed by atoms with van der Waals surface area (Å²) < 4.78 is 1.99. The summed E-state index contributed by atoms with van der Waals surface area (Å²) >= 11 is 1.77. The van der Waals surface area contributed by atoms with Crippen molar-refractivity contribution in [3.8, 4) is 0 Å². The number of fused-ring (bicyclic) bond motifs is 1. The Kier molecular flexibility index (Phi) is 4.60. The molecule has 2 atom stereocenters. The van der Waals surface area contributed by atoms with Gasteiger partial charge in [0.05, 0.1) is 12.4 Å². The average molecular weight is 281 g/mol. The number of thioether (sulfide) groups is 1. The van der Waals surface area contributed by atoms with E-state index in [0.717, 1.165) is 24.4 Å². The number of nitrogen functional groups attached to an aromatic ring is 1. The zero-order valence-electron chi connectivity index (χ0n) is 11.2. The highest BCUT2D eigenvalue weighted by Crippen LogP contribution is 2.17. The van der Waals surface area contributed by atoms with Gasteiger partial charge in [-0.1, -0.05) is 6.92 Å². The Morgan fingerprint density at radius 3 is 2.89 bits per heavy atom. The summed E-state index contributed by atoms with van der Waals surface area (Å²) in [6, 6.07) is 0. The molecular formula is C12H19N5OS. The van der Waals surface area contributed by atoms with E-state index in [1.165, 1.54) is 6.33 Å². The second-order valence-corrected chi connectivity index (χ2v) is 6.02. The molecule has 2 unspecified atom stereocenters. The molecule has 0 spiro atoms. The van der Waals surface area contributed by atoms with E-state index in [1.807, 2.05) is 18.4 Å². The third kappa shape index (κ3) is 3.36. The van der Waals surface area contributed by atoms with Gasteiger partial charge in [0.1, 0.15) is 11.8 Å². The first-order valence-corrected chi connectivity index (χ1v) is 7.35. The first-order valence-electron chi connectivity index (χ1n) is 6.30. The minimum atomic E-state index is -0.272. The molecule has 0 saturated carbocycles. The van der Waals surface area contributed by atoms with Crippen LogP contribution >= 0.6 is 11.8 Å². The van der Waals surface area contributed by atoms with Gasteiger partial charge in [0.25, 0.3) is 0 Å². The summed E-state index contributed by atoms with van der Waals surface area (Å²) in [6.07, 6.45) is 3.93. The lowest BCUT2D eigenvalue weighted by Crippen LogP contribution is -2.15. The Bertz CT molecular complexity index is 542. The van der Waals surface area contributed by atoms with Crippen molar-refractivity contribution in [2.24, 2.45) is 0 Å². The first-order chi connectivity index (χ1) is 9.09. The molecule has 6 nitrogen and oxygen atoms in total. The van der Waals surface area contributed by atoms with Gasteiger partial charge in [0.15, 0.2) is 11.5 Å². The second-order valence-electron chi connectivity index (χ2n) is 4.54. The quantitative estimate of drug-likeness (QED) is 0.776. The maximum Gasteiger partial charge on any atom is 0.165 e. The number of rotatable bonds is 6. The molecule has 0 saturated heterocycles. The monoisotopic (exact) mass is 281 g/mol. The zero-order chi connectivity index (χ0) is 13.8. The van der Waals surface area contributed by atoms with Crippen molar-refractivity contribution in [1.82, 2.24) is 19.5 Å². The van der Waals surface area contributed by atoms with Crippen molar-refractivity contribution in [3.63, 3.8) is 0 Å². The number of hydrogen-bond donors (Lipinski definition) is 2. The van der Waals surface area contributed by atoms with Crippen LogP contribution in [0.1, 0.15) is 20.3 Å². The number of imidazole rings is 1. The summed E-state index contributed by atoms with van der Waals surface area (Å²) in [4.78, 5) is 12.4. The Labute approximate surface area is 116 Å². The fourth-order valence-electron chi connectivity index (χ4n) is 1.71. The van der Waals surface area contributed by atoms with E-state index in [1.54, 1.807) is 18.1 Å². The van der Waals surface area contributed by atoms with Gasteiger partial charge in [0, 0.05) is 11.8 Å². The van der Waals surface area contributed by atoms with Crippen molar-refractivity contribution < 1.29 is 5.11 Å². The smallest absolute Gasteiger partial charge is 0.165 e. The minimum absolute atomic E-state index is 0.262. The molecule has 2 aromatic heterocycles. The topological polar surface area (TPSA) is 89.8 Å². The first kappa shape index (κ1) is 14.1. The van der Waals surface area contributed by atoms with E-state index in [9.17, 15) is 5.11 Å². The molecular weight excluding hydrogens is 262 g/mol. The molecule has 0 aliphatic rings. The minimum Gasteiger partial charge on any atom is -0.392 e. The van der Waals surface area contributed by atoms with Crippen LogP contribution in [0.2, 0.25) is 0 Å². The molecule has 0 radical (unpaired) electrons. The van der Waals surface area contributed by atoms with Crippen molar-refractivity contribution in [3.05, 3.63) is 12.7 Å². The van der Waals surface area contributed by atoms with E-state index in [4.69, 9.17) is 5.73 Å². The van der Waals surface area contributed by atoms with Gasteiger partial charge in [-0.2, -0.15) is 11.8 Å². The van der Waals surface area contributed by atoms with Crippen LogP contribution in [-0.4, -0.2) is 41.7 Å². The molecule has 0 amide bonds. The molecule has 7 heteroatoms. The molecule has 0 bridgehead atoms. The van der Waals surface area contributed by atoms with Gasteiger partial charge >= 0.3 is 0 Å². The van der Waals surface area contributed by atoms with Crippen LogP contribution in [0.25, 0.3) is 11.2 Å². The van der Waals surface area contributed by atoms with Crippen LogP contribution in [-0.2, 0) is 6.54 Å². The van der Waals surface area contributed by atoms with E-state index in [0.29, 0.717) is 11.3 Å². The highest BCUT2D eigenvalue weighted by Gasteiger charge is 2.10. The summed E-state index contributed by atoms with van der Waals surface area (Å²) in [5, 5.41) is 9.67. The van der Waals surface area contributed by atoms with Gasteiger partial charge in [-0.15, -0.1) is 0 Å². The normalized spacial score (nSPS) is 14.7. The maximum absolute atomic E-state index is 9.41. The summed E-state index contributed by atoms with van der Waals surface area (Å²) in [5.41, 5.74) is 7.18. The summed E-state index contributed by atoms with van der Waals surface area (Å²) in [6.45, 7) is 4.70. The lowest BCUT2D eigenvalue weighted by molar-refractivity contribution is 0.196. The number of aliphatic hydroxyl groups excluding tert-OH is 1. The lowest BCUT2D eigenvalue weighted by Gasteiger charge is -2.13. The Balaban J connectivity index is 1.90. The molecule has 3 N–H and O–H groups in total. The second kappa shape index (κ2) is 6.21. The van der Waals surface area contributed by atoms with Crippen LogP contribution in [0.3, 0.4) is 0 Å². The molecule has 0 aromatic carbocycles. The number of aryl methyl sites for hydroxylation is 1. The summed E-state index contributed by atoms with van der Waals surface area (Å²) in [5.74, 6) is 1.41. The van der Waals surface area contributed by atoms with E-state index < -0.39 is 0 Å². The SMILES string of the molecule is CC(O)C(C)SCCCn1cnc2c(N)ncnc21. The fraction of sp³-hybridized carbons (Fsp3) is 0.583. The number of nitrogens with two attached hydrogens (primary N) is 1. The number of aliphatic hydroxyl groups is 1. The van der Waals surface area contributed by atoms with Crippen LogP contribution in [0.15, 0.2) is 12.7 Å². The molecule has 2 heterocycles. The van der Waals surface area contributed by atoms with Gasteiger partial charge in [0.2, 0.25) is 0 Å². The van der Waals surface area contributed by atoms with Crippen LogP contribution < -0.4 is 5.73 Å². The Hall–Kier alpha value is -1.34. The number of anilines is 1. The number of aromatic nitrogens is 4. The van der Waals surface area contributed by atoms with Crippen LogP contribution in [0.4, 0.5) is 5.82 Å². The molecule has 2 rings (SSSR count). The largest absolute Gasteiger partial charge is 0.392 e. The van der Waals surface area contributed by atoms with Gasteiger partial charge in [-0.05, 0) is 19.1 Å². The van der Waals surface area contributed by atoms with Crippen LogP contribution in [0.5, 0.6) is 0 Å². The highest BCUT2D eigenvalue weighted by atomic mass is 32.2. The lowest BCUT2D eigenvalue weighted by atomic mass is 10.3. The van der Waals surface area contributed by atoms with Crippen molar-refractivity contribution in [2.75, 3.05) is 11.5 Å². The molecule has 0 aliphatic carbocycles. The fourth-order valence-corrected chi connectivity index (χ4v) is 2.65. The molecule has 19 heavy (non-hydrogen) atoms. The van der Waals surface area contributed by atoms with Gasteiger partial charge in [-0.25, -0.2) is 15.0 Å². The molecule has 0 fully saturated rings. The van der Waals surface area contributed by atoms with E-state index in [-0.39, 0.29) is 11.4 Å². The predicted molar refractivity (Wildman–Crippen MR) is 78.0 cm³/mol. The van der Waals surface area contributed by atoms with Crippen molar-refractivity contribution in [1.29, 1.82) is 0 Å². The van der Waals surface area contributed by atoms with Gasteiger partial charge in [-0.3, -0.25) is 0 Å². The maximum atomic E-state index is 9.41. The summed E-state index contributed by atoms with van der Waals surface area (Å²) in [7, 11) is 0. The van der Waals surface area contributed by atoms with Crippen molar-refractivity contribution >= 4 is 28.7 Å². The predicted octanol–water partition coefficient (Wildman–Crippen LogP) is 1.30. The third-order valence-corrected chi connectivity index (χ3v) is 4.48. The molecule has 2 aromatic rings. The van der Waals surface area contributed by atoms with E-state index >= 15 is 0 Å².